The zero-order valence-corrected chi connectivity index (χ0v) is 9.32. The number of benzene rings is 2. The van der Waals surface area contributed by atoms with Crippen LogP contribution in [0.25, 0.3) is 22.2 Å². The predicted octanol–water partition coefficient (Wildman–Crippen LogP) is 3.98. The Labute approximate surface area is 103 Å². The van der Waals surface area contributed by atoms with E-state index in [1.54, 1.807) is 18.2 Å². The summed E-state index contributed by atoms with van der Waals surface area (Å²) < 4.78 is 26.0. The molecular formula is C15H8F2N. The smallest absolute Gasteiger partial charge is 0.159 e. The molecule has 0 saturated heterocycles. The van der Waals surface area contributed by atoms with Crippen molar-refractivity contribution in [3.05, 3.63) is 66.2 Å². The highest BCUT2D eigenvalue weighted by molar-refractivity contribution is 5.81. The Balaban J connectivity index is 2.16. The molecule has 0 N–H and O–H groups in total. The molecular weight excluding hydrogens is 232 g/mol. The van der Waals surface area contributed by atoms with Gasteiger partial charge >= 0.3 is 0 Å². The lowest BCUT2D eigenvalue weighted by molar-refractivity contribution is 0.509. The van der Waals surface area contributed by atoms with Crippen molar-refractivity contribution in [1.82, 2.24) is 4.98 Å². The van der Waals surface area contributed by atoms with E-state index in [0.717, 1.165) is 23.0 Å². The first-order chi connectivity index (χ1) is 8.74. The van der Waals surface area contributed by atoms with Crippen molar-refractivity contribution in [2.24, 2.45) is 0 Å². The zero-order valence-electron chi connectivity index (χ0n) is 9.32. The second-order valence-corrected chi connectivity index (χ2v) is 3.94. The van der Waals surface area contributed by atoms with Crippen LogP contribution in [0.1, 0.15) is 0 Å². The molecule has 1 radical (unpaired) electrons. The number of fused-ring (bicyclic) bond motifs is 1. The van der Waals surface area contributed by atoms with Crippen molar-refractivity contribution in [3.63, 3.8) is 0 Å². The number of aromatic nitrogens is 1. The monoisotopic (exact) mass is 240 g/mol. The number of hydrogen-bond acceptors (Lipinski definition) is 1. The van der Waals surface area contributed by atoms with E-state index in [2.05, 4.69) is 11.1 Å². The molecule has 87 valence electrons. The number of rotatable bonds is 1. The van der Waals surface area contributed by atoms with Crippen LogP contribution in [-0.4, -0.2) is 4.98 Å². The summed E-state index contributed by atoms with van der Waals surface area (Å²) >= 11 is 0. The van der Waals surface area contributed by atoms with E-state index in [1.165, 1.54) is 6.07 Å². The third kappa shape index (κ3) is 1.84. The Morgan fingerprint density at radius 2 is 1.83 bits per heavy atom. The number of hydrogen-bond donors (Lipinski definition) is 0. The summed E-state index contributed by atoms with van der Waals surface area (Å²) in [5, 5.41) is 0.986. The molecule has 1 heterocycles. The summed E-state index contributed by atoms with van der Waals surface area (Å²) in [7, 11) is 0. The normalized spacial score (nSPS) is 10.8. The standard InChI is InChI=1S/C15H8F2N/c16-12-7-5-11(9-13(12)17)15-8-6-10-3-1-2-4-14(10)18-15/h1,3-9H. The topological polar surface area (TPSA) is 12.9 Å². The van der Waals surface area contributed by atoms with E-state index in [9.17, 15) is 8.78 Å². The molecule has 0 bridgehead atoms. The molecule has 0 amide bonds. The molecule has 0 aliphatic rings. The average Bonchev–Trinajstić information content (AvgIpc) is 2.41. The molecule has 2 aromatic carbocycles. The van der Waals surface area contributed by atoms with Gasteiger partial charge < -0.3 is 0 Å². The van der Waals surface area contributed by atoms with Crippen LogP contribution < -0.4 is 0 Å². The van der Waals surface area contributed by atoms with Gasteiger partial charge in [-0.05, 0) is 36.4 Å². The van der Waals surface area contributed by atoms with Gasteiger partial charge in [-0.15, -0.1) is 0 Å². The zero-order chi connectivity index (χ0) is 12.5. The average molecular weight is 240 g/mol. The van der Waals surface area contributed by atoms with Gasteiger partial charge in [-0.1, -0.05) is 18.2 Å². The quantitative estimate of drug-likeness (QED) is 0.627. The van der Waals surface area contributed by atoms with E-state index in [4.69, 9.17) is 0 Å². The fraction of sp³-hybridized carbons (Fsp3) is 0. The largest absolute Gasteiger partial charge is 0.248 e. The Hall–Kier alpha value is -2.29. The number of halogens is 2. The molecule has 1 nitrogen and oxygen atoms in total. The Kier molecular flexibility index (Phi) is 2.52. The Morgan fingerprint density at radius 1 is 0.944 bits per heavy atom. The fourth-order valence-electron chi connectivity index (χ4n) is 1.82. The molecule has 3 heteroatoms. The minimum Gasteiger partial charge on any atom is -0.248 e. The summed E-state index contributed by atoms with van der Waals surface area (Å²) in [6, 6.07) is 15.9. The third-order valence-electron chi connectivity index (χ3n) is 2.75. The lowest BCUT2D eigenvalue weighted by atomic mass is 10.1. The van der Waals surface area contributed by atoms with Crippen molar-refractivity contribution in [2.75, 3.05) is 0 Å². The maximum atomic E-state index is 13.2. The van der Waals surface area contributed by atoms with Crippen LogP contribution >= 0.6 is 0 Å². The number of nitrogens with zero attached hydrogens (tertiary/aromatic N) is 1. The SMILES string of the molecule is Fc1ccc(-c2ccc3cc[c]cc3n2)cc1F. The van der Waals surface area contributed by atoms with Crippen molar-refractivity contribution >= 4 is 10.9 Å². The fourth-order valence-corrected chi connectivity index (χ4v) is 1.82. The van der Waals surface area contributed by atoms with E-state index in [0.29, 0.717) is 11.3 Å². The summed E-state index contributed by atoms with van der Waals surface area (Å²) in [6.07, 6.45) is 0. The highest BCUT2D eigenvalue weighted by atomic mass is 19.2. The summed E-state index contributed by atoms with van der Waals surface area (Å²) in [5.74, 6) is -1.72. The minimum absolute atomic E-state index is 0.555. The van der Waals surface area contributed by atoms with Gasteiger partial charge in [0.05, 0.1) is 11.2 Å². The molecule has 0 unspecified atom stereocenters. The Bertz CT molecular complexity index is 723. The minimum atomic E-state index is -0.867. The van der Waals surface area contributed by atoms with E-state index >= 15 is 0 Å². The molecule has 1 aromatic heterocycles. The molecule has 0 aliphatic heterocycles. The van der Waals surface area contributed by atoms with Gasteiger partial charge in [0, 0.05) is 10.9 Å². The number of pyridine rings is 1. The highest BCUT2D eigenvalue weighted by Gasteiger charge is 2.06. The molecule has 0 saturated carbocycles. The van der Waals surface area contributed by atoms with E-state index < -0.39 is 11.6 Å². The van der Waals surface area contributed by atoms with Crippen LogP contribution in [0.3, 0.4) is 0 Å². The molecule has 0 atom stereocenters. The van der Waals surface area contributed by atoms with Gasteiger partial charge in [-0.3, -0.25) is 0 Å². The first-order valence-electron chi connectivity index (χ1n) is 5.46. The van der Waals surface area contributed by atoms with Gasteiger partial charge in [0.15, 0.2) is 11.6 Å². The van der Waals surface area contributed by atoms with Gasteiger partial charge in [0.1, 0.15) is 0 Å². The maximum absolute atomic E-state index is 13.2. The lowest BCUT2D eigenvalue weighted by Crippen LogP contribution is -1.88. The highest BCUT2D eigenvalue weighted by Crippen LogP contribution is 2.22. The van der Waals surface area contributed by atoms with Crippen LogP contribution in [0, 0.1) is 17.7 Å². The van der Waals surface area contributed by atoms with Crippen molar-refractivity contribution < 1.29 is 8.78 Å². The third-order valence-corrected chi connectivity index (χ3v) is 2.75. The van der Waals surface area contributed by atoms with Gasteiger partial charge in [-0.2, -0.15) is 0 Å². The van der Waals surface area contributed by atoms with Crippen LogP contribution in [0.4, 0.5) is 8.78 Å². The van der Waals surface area contributed by atoms with Gasteiger partial charge in [0.25, 0.3) is 0 Å². The maximum Gasteiger partial charge on any atom is 0.159 e. The molecule has 0 fully saturated rings. The second kappa shape index (κ2) is 4.18. The van der Waals surface area contributed by atoms with Crippen LogP contribution in [0.2, 0.25) is 0 Å². The predicted molar refractivity (Wildman–Crippen MR) is 65.9 cm³/mol. The Morgan fingerprint density at radius 3 is 2.67 bits per heavy atom. The first-order valence-corrected chi connectivity index (χ1v) is 5.46. The molecule has 18 heavy (non-hydrogen) atoms. The molecule has 3 rings (SSSR count). The van der Waals surface area contributed by atoms with Crippen molar-refractivity contribution in [1.29, 1.82) is 0 Å². The van der Waals surface area contributed by atoms with Crippen LogP contribution in [0.15, 0.2) is 48.5 Å². The summed E-state index contributed by atoms with van der Waals surface area (Å²) in [4.78, 5) is 4.40. The van der Waals surface area contributed by atoms with Crippen molar-refractivity contribution in [3.8, 4) is 11.3 Å². The van der Waals surface area contributed by atoms with Gasteiger partial charge in [0.2, 0.25) is 0 Å². The van der Waals surface area contributed by atoms with Crippen LogP contribution in [0.5, 0.6) is 0 Å². The van der Waals surface area contributed by atoms with Crippen LogP contribution in [-0.2, 0) is 0 Å². The second-order valence-electron chi connectivity index (χ2n) is 3.94. The lowest BCUT2D eigenvalue weighted by Gasteiger charge is -2.03. The summed E-state index contributed by atoms with van der Waals surface area (Å²) in [6.45, 7) is 0. The molecule has 3 aromatic rings. The molecule has 0 spiro atoms. The molecule has 0 aliphatic carbocycles. The van der Waals surface area contributed by atoms with Crippen molar-refractivity contribution in [2.45, 2.75) is 0 Å². The van der Waals surface area contributed by atoms with E-state index in [-0.39, 0.29) is 0 Å². The first kappa shape index (κ1) is 10.8. The van der Waals surface area contributed by atoms with Gasteiger partial charge in [-0.25, -0.2) is 13.8 Å². The summed E-state index contributed by atoms with van der Waals surface area (Å²) in [5.41, 5.74) is 1.94. The van der Waals surface area contributed by atoms with E-state index in [1.807, 2.05) is 12.1 Å².